The number of hydrogen-bond acceptors (Lipinski definition) is 5. The summed E-state index contributed by atoms with van der Waals surface area (Å²) in [4.78, 5) is 0. The van der Waals surface area contributed by atoms with Crippen LogP contribution in [-0.2, 0) is 6.42 Å². The van der Waals surface area contributed by atoms with Crippen LogP contribution in [0.2, 0.25) is 0 Å². The van der Waals surface area contributed by atoms with Crippen molar-refractivity contribution in [2.75, 3.05) is 13.2 Å². The Morgan fingerprint density at radius 1 is 1.26 bits per heavy atom. The summed E-state index contributed by atoms with van der Waals surface area (Å²) in [5.74, 6) is 2.11. The lowest BCUT2D eigenvalue weighted by molar-refractivity contribution is 0.340. The van der Waals surface area contributed by atoms with Crippen LogP contribution in [0.1, 0.15) is 30.2 Å². The first kappa shape index (κ1) is 13.5. The molecule has 0 aliphatic heterocycles. The van der Waals surface area contributed by atoms with Gasteiger partial charge in [0.05, 0.1) is 12.5 Å². The fourth-order valence-corrected chi connectivity index (χ4v) is 1.92. The third-order valence-corrected chi connectivity index (χ3v) is 2.89. The Morgan fingerprint density at radius 2 is 2.00 bits per heavy atom. The molecular weight excluding hydrogens is 242 g/mol. The van der Waals surface area contributed by atoms with Gasteiger partial charge in [0.2, 0.25) is 11.8 Å². The van der Waals surface area contributed by atoms with Crippen molar-refractivity contribution in [1.29, 1.82) is 0 Å². The minimum atomic E-state index is 0.0548. The molecule has 0 aliphatic rings. The molecule has 5 nitrogen and oxygen atoms in total. The summed E-state index contributed by atoms with van der Waals surface area (Å²) in [5.41, 5.74) is 6.96. The molecule has 2 rings (SSSR count). The summed E-state index contributed by atoms with van der Waals surface area (Å²) < 4.78 is 10.9. The number of aromatic nitrogens is 2. The number of rotatable bonds is 6. The Kier molecular flexibility index (Phi) is 4.52. The molecule has 2 N–H and O–H groups in total. The Morgan fingerprint density at radius 3 is 2.53 bits per heavy atom. The van der Waals surface area contributed by atoms with Gasteiger partial charge in [0.1, 0.15) is 5.75 Å². The summed E-state index contributed by atoms with van der Waals surface area (Å²) in [6.07, 6.45) is 0.782. The fraction of sp³-hybridized carbons (Fsp3) is 0.429. The number of hydrogen-bond donors (Lipinski definition) is 1. The lowest BCUT2D eigenvalue weighted by Crippen LogP contribution is -2.15. The van der Waals surface area contributed by atoms with E-state index >= 15 is 0 Å². The van der Waals surface area contributed by atoms with Crippen LogP contribution in [0.25, 0.3) is 0 Å². The maximum absolute atomic E-state index is 5.79. The average molecular weight is 261 g/mol. The van der Waals surface area contributed by atoms with Gasteiger partial charge in [-0.05, 0) is 31.0 Å². The van der Waals surface area contributed by atoms with Gasteiger partial charge in [-0.15, -0.1) is 10.2 Å². The third kappa shape index (κ3) is 3.54. The Hall–Kier alpha value is -1.88. The molecule has 0 fully saturated rings. The molecule has 0 saturated carbocycles. The van der Waals surface area contributed by atoms with Gasteiger partial charge in [0.25, 0.3) is 0 Å². The van der Waals surface area contributed by atoms with E-state index in [1.807, 2.05) is 31.2 Å². The molecule has 0 bridgehead atoms. The fourth-order valence-electron chi connectivity index (χ4n) is 1.92. The summed E-state index contributed by atoms with van der Waals surface area (Å²) >= 11 is 0. The Balaban J connectivity index is 2.05. The first-order valence-electron chi connectivity index (χ1n) is 6.44. The van der Waals surface area contributed by atoms with E-state index in [4.69, 9.17) is 14.9 Å². The van der Waals surface area contributed by atoms with E-state index in [0.29, 0.717) is 24.9 Å². The number of benzene rings is 1. The van der Waals surface area contributed by atoms with Gasteiger partial charge in [-0.2, -0.15) is 0 Å². The number of aryl methyl sites for hydroxylation is 1. The highest BCUT2D eigenvalue weighted by molar-refractivity contribution is 5.28. The maximum atomic E-state index is 5.79. The van der Waals surface area contributed by atoms with Crippen LogP contribution in [0.4, 0.5) is 0 Å². The lowest BCUT2D eigenvalue weighted by Gasteiger charge is -2.11. The second-order valence-corrected chi connectivity index (χ2v) is 4.37. The molecular formula is C14H19N3O2. The van der Waals surface area contributed by atoms with Gasteiger partial charge in [0.15, 0.2) is 0 Å². The highest BCUT2D eigenvalue weighted by atomic mass is 16.5. The van der Waals surface area contributed by atoms with Crippen molar-refractivity contribution in [2.45, 2.75) is 26.2 Å². The molecule has 0 spiro atoms. The van der Waals surface area contributed by atoms with Gasteiger partial charge in [-0.25, -0.2) is 0 Å². The summed E-state index contributed by atoms with van der Waals surface area (Å²) in [6.45, 7) is 4.90. The molecule has 1 atom stereocenters. The third-order valence-electron chi connectivity index (χ3n) is 2.89. The van der Waals surface area contributed by atoms with Crippen molar-refractivity contribution in [3.63, 3.8) is 0 Å². The van der Waals surface area contributed by atoms with Crippen molar-refractivity contribution < 1.29 is 9.15 Å². The summed E-state index contributed by atoms with van der Waals surface area (Å²) in [7, 11) is 0. The SMILES string of the molecule is CCOc1ccc(CC(CN)c2nnc(C)o2)cc1. The van der Waals surface area contributed by atoms with Gasteiger partial charge in [-0.1, -0.05) is 12.1 Å². The Labute approximate surface area is 112 Å². The zero-order valence-corrected chi connectivity index (χ0v) is 11.3. The quantitative estimate of drug-likeness (QED) is 0.861. The van der Waals surface area contributed by atoms with Crippen molar-refractivity contribution >= 4 is 0 Å². The highest BCUT2D eigenvalue weighted by Gasteiger charge is 2.17. The zero-order chi connectivity index (χ0) is 13.7. The molecule has 2 aromatic rings. The molecule has 1 aromatic carbocycles. The van der Waals surface area contributed by atoms with Gasteiger partial charge in [-0.3, -0.25) is 0 Å². The highest BCUT2D eigenvalue weighted by Crippen LogP contribution is 2.20. The smallest absolute Gasteiger partial charge is 0.221 e. The largest absolute Gasteiger partial charge is 0.494 e. The monoisotopic (exact) mass is 261 g/mol. The molecule has 1 aromatic heterocycles. The van der Waals surface area contributed by atoms with Crippen LogP contribution in [-0.4, -0.2) is 23.3 Å². The molecule has 0 amide bonds. The number of nitrogens with two attached hydrogens (primary N) is 1. The van der Waals surface area contributed by atoms with Crippen molar-refractivity contribution in [2.24, 2.45) is 5.73 Å². The van der Waals surface area contributed by atoms with E-state index in [-0.39, 0.29) is 5.92 Å². The van der Waals surface area contributed by atoms with E-state index in [0.717, 1.165) is 12.2 Å². The van der Waals surface area contributed by atoms with E-state index in [1.54, 1.807) is 6.92 Å². The van der Waals surface area contributed by atoms with E-state index in [9.17, 15) is 0 Å². The summed E-state index contributed by atoms with van der Waals surface area (Å²) in [6, 6.07) is 8.00. The maximum Gasteiger partial charge on any atom is 0.221 e. The van der Waals surface area contributed by atoms with Gasteiger partial charge in [0, 0.05) is 13.5 Å². The van der Waals surface area contributed by atoms with Crippen LogP contribution >= 0.6 is 0 Å². The van der Waals surface area contributed by atoms with E-state index in [2.05, 4.69) is 10.2 Å². The number of ether oxygens (including phenoxy) is 1. The lowest BCUT2D eigenvalue weighted by atomic mass is 9.99. The van der Waals surface area contributed by atoms with Crippen LogP contribution in [0.15, 0.2) is 28.7 Å². The molecule has 0 radical (unpaired) electrons. The van der Waals surface area contributed by atoms with Crippen molar-refractivity contribution in [3.05, 3.63) is 41.6 Å². The molecule has 1 heterocycles. The average Bonchev–Trinajstić information content (AvgIpc) is 2.85. The van der Waals surface area contributed by atoms with E-state index in [1.165, 1.54) is 5.56 Å². The number of nitrogens with zero attached hydrogens (tertiary/aromatic N) is 2. The Bertz CT molecular complexity index is 508. The second kappa shape index (κ2) is 6.33. The molecule has 19 heavy (non-hydrogen) atoms. The van der Waals surface area contributed by atoms with Crippen LogP contribution < -0.4 is 10.5 Å². The standard InChI is InChI=1S/C14H19N3O2/c1-3-18-13-6-4-11(5-7-13)8-12(9-15)14-17-16-10(2)19-14/h4-7,12H,3,8-9,15H2,1-2H3. The predicted octanol–water partition coefficient (Wildman–Crippen LogP) is 2.06. The molecule has 1 unspecified atom stereocenters. The predicted molar refractivity (Wildman–Crippen MR) is 72.1 cm³/mol. The first-order chi connectivity index (χ1) is 9.22. The molecule has 0 saturated heterocycles. The van der Waals surface area contributed by atoms with Crippen molar-refractivity contribution in [1.82, 2.24) is 10.2 Å². The first-order valence-corrected chi connectivity index (χ1v) is 6.44. The zero-order valence-electron chi connectivity index (χ0n) is 11.3. The summed E-state index contributed by atoms with van der Waals surface area (Å²) in [5, 5.41) is 7.88. The van der Waals surface area contributed by atoms with Gasteiger partial charge >= 0.3 is 0 Å². The molecule has 0 aliphatic carbocycles. The molecule has 5 heteroatoms. The van der Waals surface area contributed by atoms with Crippen molar-refractivity contribution in [3.8, 4) is 5.75 Å². The second-order valence-electron chi connectivity index (χ2n) is 4.37. The van der Waals surface area contributed by atoms with E-state index < -0.39 is 0 Å². The van der Waals surface area contributed by atoms with Crippen LogP contribution in [0, 0.1) is 6.92 Å². The minimum Gasteiger partial charge on any atom is -0.494 e. The molecule has 102 valence electrons. The van der Waals surface area contributed by atoms with Crippen LogP contribution in [0.5, 0.6) is 5.75 Å². The topological polar surface area (TPSA) is 74.2 Å². The minimum absolute atomic E-state index is 0.0548. The van der Waals surface area contributed by atoms with Crippen LogP contribution in [0.3, 0.4) is 0 Å². The normalized spacial score (nSPS) is 12.4. The van der Waals surface area contributed by atoms with Gasteiger partial charge < -0.3 is 14.9 Å².